The monoisotopic (exact) mass is 358 g/mol. The number of nitriles is 1. The summed E-state index contributed by atoms with van der Waals surface area (Å²) in [5.74, 6) is -1.79. The number of nitrogens with one attached hydrogen (secondary N) is 1. The predicted molar refractivity (Wildman–Crippen MR) is 94.8 cm³/mol. The Morgan fingerprint density at radius 3 is 2.38 bits per heavy atom. The Hall–Kier alpha value is -3.14. The lowest BCUT2D eigenvalue weighted by molar-refractivity contribution is -0.144. The van der Waals surface area contributed by atoms with Gasteiger partial charge in [0.15, 0.2) is 6.61 Å². The van der Waals surface area contributed by atoms with Gasteiger partial charge in [-0.2, -0.15) is 5.26 Å². The van der Waals surface area contributed by atoms with Crippen LogP contribution in [0.2, 0.25) is 0 Å². The number of carbonyl (C=O) groups is 3. The molecule has 1 amide bonds. The first-order chi connectivity index (χ1) is 12.2. The lowest BCUT2D eigenvalue weighted by Crippen LogP contribution is -2.50. The maximum Gasteiger partial charge on any atom is 0.337 e. The molecule has 7 heteroatoms. The first-order valence-corrected chi connectivity index (χ1v) is 7.97. The van der Waals surface area contributed by atoms with Gasteiger partial charge in [-0.25, -0.2) is 9.59 Å². The number of ether oxygens (including phenoxy) is 2. The number of esters is 2. The SMILES string of the molecule is COC(=O)c1ccc(/C=C/C(=O)OCC(=O)N[C@](C)(C#N)C(C)C)cc1. The van der Waals surface area contributed by atoms with Gasteiger partial charge in [-0.1, -0.05) is 26.0 Å². The molecule has 138 valence electrons. The van der Waals surface area contributed by atoms with Gasteiger partial charge in [-0.15, -0.1) is 0 Å². The summed E-state index contributed by atoms with van der Waals surface area (Å²) in [6, 6.07) is 8.46. The minimum absolute atomic E-state index is 0.0972. The number of carbonyl (C=O) groups excluding carboxylic acids is 3. The third kappa shape index (κ3) is 6.06. The van der Waals surface area contributed by atoms with Gasteiger partial charge in [-0.05, 0) is 36.6 Å². The molecule has 0 unspecified atom stereocenters. The third-order valence-electron chi connectivity index (χ3n) is 3.88. The molecule has 0 aliphatic heterocycles. The number of amides is 1. The van der Waals surface area contributed by atoms with Crippen LogP contribution in [0.15, 0.2) is 30.3 Å². The van der Waals surface area contributed by atoms with E-state index in [2.05, 4.69) is 10.1 Å². The quantitative estimate of drug-likeness (QED) is 0.591. The highest BCUT2D eigenvalue weighted by molar-refractivity contribution is 5.91. The van der Waals surface area contributed by atoms with Crippen molar-refractivity contribution in [3.05, 3.63) is 41.5 Å². The van der Waals surface area contributed by atoms with Crippen LogP contribution >= 0.6 is 0 Å². The molecule has 0 spiro atoms. The predicted octanol–water partition coefficient (Wildman–Crippen LogP) is 2.08. The van der Waals surface area contributed by atoms with Crippen molar-refractivity contribution in [2.45, 2.75) is 26.3 Å². The van der Waals surface area contributed by atoms with Crippen molar-refractivity contribution in [2.24, 2.45) is 5.92 Å². The molecule has 0 aliphatic carbocycles. The number of hydrogen-bond donors (Lipinski definition) is 1. The zero-order chi connectivity index (χ0) is 19.7. The summed E-state index contributed by atoms with van der Waals surface area (Å²) in [6.07, 6.45) is 2.67. The van der Waals surface area contributed by atoms with Crippen LogP contribution in [0.3, 0.4) is 0 Å². The van der Waals surface area contributed by atoms with Crippen molar-refractivity contribution in [2.75, 3.05) is 13.7 Å². The van der Waals surface area contributed by atoms with Gasteiger partial charge >= 0.3 is 11.9 Å². The Balaban J connectivity index is 2.54. The first-order valence-electron chi connectivity index (χ1n) is 7.97. The van der Waals surface area contributed by atoms with E-state index in [-0.39, 0.29) is 5.92 Å². The summed E-state index contributed by atoms with van der Waals surface area (Å²) in [5, 5.41) is 11.7. The molecule has 0 fully saturated rings. The molecule has 0 radical (unpaired) electrons. The van der Waals surface area contributed by atoms with Crippen molar-refractivity contribution < 1.29 is 23.9 Å². The van der Waals surface area contributed by atoms with Crippen molar-refractivity contribution >= 4 is 23.9 Å². The van der Waals surface area contributed by atoms with Crippen LogP contribution in [0.1, 0.15) is 36.7 Å². The highest BCUT2D eigenvalue weighted by Crippen LogP contribution is 2.14. The summed E-state index contributed by atoms with van der Waals surface area (Å²) < 4.78 is 9.45. The van der Waals surface area contributed by atoms with Gasteiger partial charge in [0, 0.05) is 6.08 Å². The standard InChI is InChI=1S/C19H22N2O5/c1-13(2)19(3,12-20)21-16(22)11-26-17(23)10-7-14-5-8-15(9-6-14)18(24)25-4/h5-10,13H,11H2,1-4H3,(H,21,22)/b10-7+/t19-/m1/s1. The summed E-state index contributed by atoms with van der Waals surface area (Å²) in [7, 11) is 1.29. The van der Waals surface area contributed by atoms with Crippen LogP contribution < -0.4 is 5.32 Å². The van der Waals surface area contributed by atoms with E-state index in [1.54, 1.807) is 31.2 Å². The average Bonchev–Trinajstić information content (AvgIpc) is 2.64. The molecule has 1 atom stereocenters. The topological polar surface area (TPSA) is 105 Å². The largest absolute Gasteiger partial charge is 0.465 e. The second kappa shape index (κ2) is 9.37. The highest BCUT2D eigenvalue weighted by Gasteiger charge is 2.30. The van der Waals surface area contributed by atoms with Gasteiger partial charge in [0.1, 0.15) is 5.54 Å². The molecule has 0 aliphatic rings. The number of hydrogen-bond acceptors (Lipinski definition) is 6. The van der Waals surface area contributed by atoms with Gasteiger partial charge in [0.2, 0.25) is 0 Å². The summed E-state index contributed by atoms with van der Waals surface area (Å²) in [4.78, 5) is 34.8. The summed E-state index contributed by atoms with van der Waals surface area (Å²) in [6.45, 7) is 4.75. The number of nitrogens with zero attached hydrogens (tertiary/aromatic N) is 1. The molecular formula is C19H22N2O5. The van der Waals surface area contributed by atoms with Crippen LogP contribution in [0.25, 0.3) is 6.08 Å². The van der Waals surface area contributed by atoms with Crippen LogP contribution in [0.4, 0.5) is 0 Å². The van der Waals surface area contributed by atoms with Crippen molar-refractivity contribution in [1.29, 1.82) is 5.26 Å². The fourth-order valence-electron chi connectivity index (χ4n) is 1.82. The summed E-state index contributed by atoms with van der Waals surface area (Å²) in [5.41, 5.74) is 0.0475. The smallest absolute Gasteiger partial charge is 0.337 e. The van der Waals surface area contributed by atoms with E-state index in [0.717, 1.165) is 0 Å². The molecule has 1 aromatic rings. The number of methoxy groups -OCH3 is 1. The molecule has 26 heavy (non-hydrogen) atoms. The fraction of sp³-hybridized carbons (Fsp3) is 0.368. The van der Waals surface area contributed by atoms with Crippen LogP contribution in [-0.4, -0.2) is 37.1 Å². The molecule has 0 saturated carbocycles. The second-order valence-corrected chi connectivity index (χ2v) is 6.07. The molecule has 0 saturated heterocycles. The van der Waals surface area contributed by atoms with E-state index in [0.29, 0.717) is 11.1 Å². The Morgan fingerprint density at radius 1 is 1.27 bits per heavy atom. The van der Waals surface area contributed by atoms with Gasteiger partial charge in [-0.3, -0.25) is 4.79 Å². The maximum absolute atomic E-state index is 11.8. The number of benzene rings is 1. The molecule has 0 aromatic heterocycles. The van der Waals surface area contributed by atoms with Gasteiger partial charge in [0.25, 0.3) is 5.91 Å². The van der Waals surface area contributed by atoms with Crippen LogP contribution in [-0.2, 0) is 19.1 Å². The van der Waals surface area contributed by atoms with Crippen LogP contribution in [0, 0.1) is 17.2 Å². The van der Waals surface area contributed by atoms with Crippen molar-refractivity contribution in [1.82, 2.24) is 5.32 Å². The van der Waals surface area contributed by atoms with E-state index in [4.69, 9.17) is 10.00 Å². The normalized spacial score (nSPS) is 12.9. The highest BCUT2D eigenvalue weighted by atomic mass is 16.5. The maximum atomic E-state index is 11.8. The number of rotatable bonds is 7. The van der Waals surface area contributed by atoms with E-state index >= 15 is 0 Å². The fourth-order valence-corrected chi connectivity index (χ4v) is 1.82. The summed E-state index contributed by atoms with van der Waals surface area (Å²) >= 11 is 0. The molecule has 0 heterocycles. The Labute approximate surface area is 152 Å². The lowest BCUT2D eigenvalue weighted by Gasteiger charge is -2.27. The minimum atomic E-state index is -1.03. The molecule has 1 N–H and O–H groups in total. The van der Waals surface area contributed by atoms with Crippen molar-refractivity contribution in [3.8, 4) is 6.07 Å². The first kappa shape index (κ1) is 20.9. The van der Waals surface area contributed by atoms with E-state index < -0.39 is 30.0 Å². The Bertz CT molecular complexity index is 731. The minimum Gasteiger partial charge on any atom is -0.465 e. The third-order valence-corrected chi connectivity index (χ3v) is 3.88. The van der Waals surface area contributed by atoms with Crippen LogP contribution in [0.5, 0.6) is 0 Å². The second-order valence-electron chi connectivity index (χ2n) is 6.07. The molecule has 1 rings (SSSR count). The molecule has 0 bridgehead atoms. The Kier molecular flexibility index (Phi) is 7.53. The van der Waals surface area contributed by atoms with Gasteiger partial charge in [0.05, 0.1) is 18.7 Å². The van der Waals surface area contributed by atoms with E-state index in [1.807, 2.05) is 19.9 Å². The molecule has 7 nitrogen and oxygen atoms in total. The molecule has 1 aromatic carbocycles. The lowest BCUT2D eigenvalue weighted by atomic mass is 9.90. The van der Waals surface area contributed by atoms with E-state index in [1.165, 1.54) is 19.3 Å². The Morgan fingerprint density at radius 2 is 1.88 bits per heavy atom. The average molecular weight is 358 g/mol. The van der Waals surface area contributed by atoms with Gasteiger partial charge < -0.3 is 14.8 Å². The molecular weight excluding hydrogens is 336 g/mol. The zero-order valence-corrected chi connectivity index (χ0v) is 15.2. The van der Waals surface area contributed by atoms with E-state index in [9.17, 15) is 14.4 Å². The van der Waals surface area contributed by atoms with Crippen molar-refractivity contribution in [3.63, 3.8) is 0 Å². The zero-order valence-electron chi connectivity index (χ0n) is 15.2.